The van der Waals surface area contributed by atoms with E-state index in [-0.39, 0.29) is 28.5 Å². The minimum Gasteiger partial charge on any atom is -0.379 e. The highest BCUT2D eigenvalue weighted by atomic mass is 32.2. The summed E-state index contributed by atoms with van der Waals surface area (Å²) in [5, 5.41) is 0. The van der Waals surface area contributed by atoms with Gasteiger partial charge in [-0.05, 0) is 68.7 Å². The van der Waals surface area contributed by atoms with E-state index in [2.05, 4.69) is 0 Å². The molecule has 0 spiro atoms. The number of benzene rings is 2. The predicted molar refractivity (Wildman–Crippen MR) is 108 cm³/mol. The third-order valence-corrected chi connectivity index (χ3v) is 6.43. The van der Waals surface area contributed by atoms with E-state index < -0.39 is 15.9 Å². The molecule has 3 rings (SSSR count). The van der Waals surface area contributed by atoms with Crippen molar-refractivity contribution in [1.29, 1.82) is 0 Å². The first kappa shape index (κ1) is 21.3. The van der Waals surface area contributed by atoms with E-state index in [0.29, 0.717) is 6.54 Å². The molecule has 156 valence electrons. The van der Waals surface area contributed by atoms with Gasteiger partial charge in [-0.3, -0.25) is 4.79 Å². The summed E-state index contributed by atoms with van der Waals surface area (Å²) in [4.78, 5) is 14.6. The maximum Gasteiger partial charge on any atom is 0.339 e. The molecule has 0 saturated heterocycles. The van der Waals surface area contributed by atoms with Crippen LogP contribution in [0.2, 0.25) is 0 Å². The van der Waals surface area contributed by atoms with Gasteiger partial charge < -0.3 is 9.08 Å². The molecule has 1 saturated carbocycles. The molecule has 0 heterocycles. The van der Waals surface area contributed by atoms with E-state index in [4.69, 9.17) is 4.18 Å². The summed E-state index contributed by atoms with van der Waals surface area (Å²) >= 11 is 0. The van der Waals surface area contributed by atoms with Gasteiger partial charge in [0.1, 0.15) is 16.5 Å². The Bertz CT molecular complexity index is 951. The Morgan fingerprint density at radius 2 is 1.79 bits per heavy atom. The topological polar surface area (TPSA) is 63.7 Å². The number of hydrogen-bond donors (Lipinski definition) is 0. The maximum absolute atomic E-state index is 13.1. The van der Waals surface area contributed by atoms with Gasteiger partial charge in [0.25, 0.3) is 0 Å². The number of rotatable bonds is 7. The fourth-order valence-corrected chi connectivity index (χ4v) is 4.51. The second-order valence-electron chi connectivity index (χ2n) is 7.68. The lowest BCUT2D eigenvalue weighted by molar-refractivity contribution is -0.137. The van der Waals surface area contributed by atoms with E-state index in [1.165, 1.54) is 0 Å². The molecule has 0 aliphatic heterocycles. The van der Waals surface area contributed by atoms with Crippen LogP contribution in [-0.4, -0.2) is 25.3 Å². The molecule has 1 aliphatic carbocycles. The minimum absolute atomic E-state index is 0.0376. The van der Waals surface area contributed by atoms with Crippen molar-refractivity contribution in [3.8, 4) is 5.75 Å². The summed E-state index contributed by atoms with van der Waals surface area (Å²) < 4.78 is 43.1. The Morgan fingerprint density at radius 3 is 2.41 bits per heavy atom. The van der Waals surface area contributed by atoms with Crippen molar-refractivity contribution in [1.82, 2.24) is 4.90 Å². The molecule has 0 atom stereocenters. The van der Waals surface area contributed by atoms with E-state index in [9.17, 15) is 17.6 Å². The Kier molecular flexibility index (Phi) is 6.57. The molecule has 29 heavy (non-hydrogen) atoms. The molecule has 1 amide bonds. The second-order valence-corrected chi connectivity index (χ2v) is 9.23. The largest absolute Gasteiger partial charge is 0.379 e. The van der Waals surface area contributed by atoms with Crippen LogP contribution in [0.15, 0.2) is 53.4 Å². The van der Waals surface area contributed by atoms with E-state index in [1.54, 1.807) is 18.2 Å². The SMILES string of the molecule is CC(C)N(Cc1cccc(OS(=O)(=O)c2ccc(F)cc2)c1)C(=O)C1CCCC1. The summed E-state index contributed by atoms with van der Waals surface area (Å²) in [7, 11) is -4.07. The highest BCUT2D eigenvalue weighted by Crippen LogP contribution is 2.28. The standard InChI is InChI=1S/C22H26FNO4S/c1-16(2)24(22(25)18-7-3-4-8-18)15-17-6-5-9-20(14-17)28-29(26,27)21-12-10-19(23)11-13-21/h5-6,9-14,16,18H,3-4,7-8,15H2,1-2H3. The van der Waals surface area contributed by atoms with Gasteiger partial charge in [0, 0.05) is 18.5 Å². The zero-order chi connectivity index (χ0) is 21.0. The summed E-state index contributed by atoms with van der Waals surface area (Å²) in [6.07, 6.45) is 4.04. The van der Waals surface area contributed by atoms with Gasteiger partial charge >= 0.3 is 10.1 Å². The van der Waals surface area contributed by atoms with E-state index >= 15 is 0 Å². The van der Waals surface area contributed by atoms with Gasteiger partial charge in [0.2, 0.25) is 5.91 Å². The predicted octanol–water partition coefficient (Wildman–Crippen LogP) is 4.52. The quantitative estimate of drug-likeness (QED) is 0.619. The number of carbonyl (C=O) groups is 1. The number of amides is 1. The number of halogens is 1. The normalized spacial score (nSPS) is 14.9. The third-order valence-electron chi connectivity index (χ3n) is 5.17. The Hall–Kier alpha value is -2.41. The summed E-state index contributed by atoms with van der Waals surface area (Å²) in [5.41, 5.74) is 0.789. The van der Waals surface area contributed by atoms with Gasteiger partial charge in [0.15, 0.2) is 0 Å². The van der Waals surface area contributed by atoms with Gasteiger partial charge in [0.05, 0.1) is 0 Å². The lowest BCUT2D eigenvalue weighted by Crippen LogP contribution is -2.39. The molecule has 0 bridgehead atoms. The van der Waals surface area contributed by atoms with E-state index in [0.717, 1.165) is 55.5 Å². The van der Waals surface area contributed by atoms with Crippen LogP contribution in [-0.2, 0) is 21.5 Å². The zero-order valence-corrected chi connectivity index (χ0v) is 17.5. The van der Waals surface area contributed by atoms with Crippen LogP contribution < -0.4 is 4.18 Å². The van der Waals surface area contributed by atoms with Crippen LogP contribution in [0.25, 0.3) is 0 Å². The van der Waals surface area contributed by atoms with Crippen LogP contribution in [0.1, 0.15) is 45.1 Å². The van der Waals surface area contributed by atoms with Crippen LogP contribution in [0, 0.1) is 11.7 Å². The molecular weight excluding hydrogens is 393 g/mol. The molecule has 0 radical (unpaired) electrons. The fourth-order valence-electron chi connectivity index (χ4n) is 3.59. The van der Waals surface area contributed by atoms with Crippen molar-refractivity contribution in [3.05, 3.63) is 59.9 Å². The van der Waals surface area contributed by atoms with Crippen molar-refractivity contribution < 1.29 is 21.8 Å². The van der Waals surface area contributed by atoms with Crippen LogP contribution in [0.5, 0.6) is 5.75 Å². The first-order chi connectivity index (χ1) is 13.8. The van der Waals surface area contributed by atoms with Crippen LogP contribution in [0.4, 0.5) is 4.39 Å². The summed E-state index contributed by atoms with van der Waals surface area (Å²) in [5.74, 6) is -0.131. The number of hydrogen-bond acceptors (Lipinski definition) is 4. The van der Waals surface area contributed by atoms with Crippen LogP contribution in [0.3, 0.4) is 0 Å². The number of nitrogens with zero attached hydrogens (tertiary/aromatic N) is 1. The molecule has 5 nitrogen and oxygen atoms in total. The second kappa shape index (κ2) is 8.95. The zero-order valence-electron chi connectivity index (χ0n) is 16.7. The molecule has 2 aromatic carbocycles. The van der Waals surface area contributed by atoms with Crippen molar-refractivity contribution in [2.75, 3.05) is 0 Å². The highest BCUT2D eigenvalue weighted by molar-refractivity contribution is 7.87. The molecule has 0 N–H and O–H groups in total. The molecule has 1 aliphatic rings. The van der Waals surface area contributed by atoms with Crippen molar-refractivity contribution in [3.63, 3.8) is 0 Å². The van der Waals surface area contributed by atoms with Crippen LogP contribution >= 0.6 is 0 Å². The Labute approximate surface area is 171 Å². The van der Waals surface area contributed by atoms with Gasteiger partial charge in [-0.15, -0.1) is 0 Å². The average molecular weight is 420 g/mol. The molecule has 7 heteroatoms. The highest BCUT2D eigenvalue weighted by Gasteiger charge is 2.28. The maximum atomic E-state index is 13.1. The monoisotopic (exact) mass is 419 g/mol. The van der Waals surface area contributed by atoms with Crippen molar-refractivity contribution in [2.45, 2.75) is 57.0 Å². The van der Waals surface area contributed by atoms with Gasteiger partial charge in [-0.2, -0.15) is 8.42 Å². The third kappa shape index (κ3) is 5.35. The van der Waals surface area contributed by atoms with Gasteiger partial charge in [-0.1, -0.05) is 25.0 Å². The molecule has 0 aromatic heterocycles. The Morgan fingerprint density at radius 1 is 1.14 bits per heavy atom. The lowest BCUT2D eigenvalue weighted by atomic mass is 10.0. The first-order valence-electron chi connectivity index (χ1n) is 9.86. The smallest absolute Gasteiger partial charge is 0.339 e. The lowest BCUT2D eigenvalue weighted by Gasteiger charge is -2.29. The summed E-state index contributed by atoms with van der Waals surface area (Å²) in [6, 6.07) is 11.2. The fraction of sp³-hybridized carbons (Fsp3) is 0.409. The molecule has 1 fully saturated rings. The average Bonchev–Trinajstić information content (AvgIpc) is 3.20. The molecule has 2 aromatic rings. The first-order valence-corrected chi connectivity index (χ1v) is 11.3. The number of carbonyl (C=O) groups excluding carboxylic acids is 1. The van der Waals surface area contributed by atoms with E-state index in [1.807, 2.05) is 24.8 Å². The minimum atomic E-state index is -4.07. The summed E-state index contributed by atoms with van der Waals surface area (Å²) in [6.45, 7) is 4.35. The Balaban J connectivity index is 1.75. The van der Waals surface area contributed by atoms with Crippen molar-refractivity contribution >= 4 is 16.0 Å². The van der Waals surface area contributed by atoms with Crippen molar-refractivity contribution in [2.24, 2.45) is 5.92 Å². The molecule has 0 unspecified atom stereocenters. The van der Waals surface area contributed by atoms with Gasteiger partial charge in [-0.25, -0.2) is 4.39 Å². The molecular formula is C22H26FNO4S.